The molecule has 0 radical (unpaired) electrons. The van der Waals surface area contributed by atoms with E-state index >= 15 is 0 Å². The minimum Gasteiger partial charge on any atom is -0.329 e. The fourth-order valence-corrected chi connectivity index (χ4v) is 3.14. The van der Waals surface area contributed by atoms with Crippen LogP contribution in [0.3, 0.4) is 0 Å². The number of aromatic amines is 1. The Morgan fingerprint density at radius 1 is 1.44 bits per heavy atom. The number of hydrogen-bond donors (Lipinski definition) is 1. The average molecular weight is 341 g/mol. The summed E-state index contributed by atoms with van der Waals surface area (Å²) >= 11 is 10.4. The quantitative estimate of drug-likeness (QED) is 0.724. The van der Waals surface area contributed by atoms with Gasteiger partial charge in [0.05, 0.1) is 12.1 Å². The second kappa shape index (κ2) is 4.56. The Bertz CT molecular complexity index is 771. The van der Waals surface area contributed by atoms with E-state index in [2.05, 4.69) is 30.9 Å². The van der Waals surface area contributed by atoms with E-state index in [0.29, 0.717) is 11.3 Å². The van der Waals surface area contributed by atoms with Crippen molar-refractivity contribution in [3.63, 3.8) is 0 Å². The average Bonchev–Trinajstić information content (AvgIpc) is 2.84. The smallest absolute Gasteiger partial charge is 0.179 e. The minimum absolute atomic E-state index is 0.659. The Morgan fingerprint density at radius 2 is 2.28 bits per heavy atom. The molecule has 0 amide bonds. The molecular weight excluding hydrogens is 332 g/mol. The van der Waals surface area contributed by atoms with Crippen LogP contribution in [0.5, 0.6) is 0 Å². The van der Waals surface area contributed by atoms with Crippen LogP contribution in [0.2, 0.25) is 0 Å². The maximum Gasteiger partial charge on any atom is 0.179 e. The third-order valence-corrected chi connectivity index (χ3v) is 4.19. The van der Waals surface area contributed by atoms with E-state index in [1.807, 2.05) is 23.8 Å². The molecule has 4 nitrogen and oxygen atoms in total. The second-order valence-electron chi connectivity index (χ2n) is 3.91. The molecular formula is C11H9BrN4S2. The summed E-state index contributed by atoms with van der Waals surface area (Å²) in [6.07, 6.45) is 3.65. The van der Waals surface area contributed by atoms with E-state index in [9.17, 15) is 0 Å². The Morgan fingerprint density at radius 3 is 3.00 bits per heavy atom. The minimum atomic E-state index is 0.659. The molecule has 0 aromatic carbocycles. The SMILES string of the molecule is Cc1cnc(Cn2c(=S)[nH]c3cc(Br)cnc32)s1. The number of thiazole rings is 1. The lowest BCUT2D eigenvalue weighted by atomic mass is 10.4. The number of fused-ring (bicyclic) bond motifs is 1. The van der Waals surface area contributed by atoms with Crippen molar-refractivity contribution in [3.8, 4) is 0 Å². The van der Waals surface area contributed by atoms with Crippen LogP contribution < -0.4 is 0 Å². The van der Waals surface area contributed by atoms with Crippen molar-refractivity contribution in [3.05, 3.63) is 37.6 Å². The van der Waals surface area contributed by atoms with E-state index in [0.717, 1.165) is 20.6 Å². The first-order chi connectivity index (χ1) is 8.63. The largest absolute Gasteiger partial charge is 0.329 e. The molecule has 18 heavy (non-hydrogen) atoms. The molecule has 0 saturated heterocycles. The van der Waals surface area contributed by atoms with Gasteiger partial charge in [0.25, 0.3) is 0 Å². The molecule has 3 aromatic heterocycles. The monoisotopic (exact) mass is 340 g/mol. The van der Waals surface area contributed by atoms with Gasteiger partial charge in [0, 0.05) is 21.7 Å². The zero-order valence-corrected chi connectivity index (χ0v) is 12.7. The summed E-state index contributed by atoms with van der Waals surface area (Å²) in [5, 5.41) is 1.04. The van der Waals surface area contributed by atoms with Crippen molar-refractivity contribution in [2.24, 2.45) is 0 Å². The van der Waals surface area contributed by atoms with Crippen LogP contribution in [0, 0.1) is 11.7 Å². The van der Waals surface area contributed by atoms with E-state index in [1.165, 1.54) is 4.88 Å². The highest BCUT2D eigenvalue weighted by molar-refractivity contribution is 9.10. The van der Waals surface area contributed by atoms with Crippen molar-refractivity contribution < 1.29 is 0 Å². The van der Waals surface area contributed by atoms with Gasteiger partial charge in [-0.3, -0.25) is 4.57 Å². The van der Waals surface area contributed by atoms with Crippen LogP contribution in [-0.2, 0) is 6.54 Å². The molecule has 1 N–H and O–H groups in total. The lowest BCUT2D eigenvalue weighted by Gasteiger charge is -2.00. The second-order valence-corrected chi connectivity index (χ2v) is 6.53. The van der Waals surface area contributed by atoms with Gasteiger partial charge >= 0.3 is 0 Å². The Hall–Kier alpha value is -1.05. The zero-order chi connectivity index (χ0) is 12.7. The molecule has 3 aromatic rings. The normalized spacial score (nSPS) is 11.2. The third-order valence-electron chi connectivity index (χ3n) is 2.54. The fraction of sp³-hybridized carbons (Fsp3) is 0.182. The number of rotatable bonds is 2. The van der Waals surface area contributed by atoms with Crippen LogP contribution >= 0.6 is 39.5 Å². The first kappa shape index (κ1) is 12.0. The predicted octanol–water partition coefficient (Wildman–Crippen LogP) is 3.67. The molecule has 0 saturated carbocycles. The zero-order valence-electron chi connectivity index (χ0n) is 9.48. The molecule has 0 bridgehead atoms. The maximum absolute atomic E-state index is 5.33. The van der Waals surface area contributed by atoms with Crippen molar-refractivity contribution >= 4 is 50.6 Å². The summed E-state index contributed by atoms with van der Waals surface area (Å²) in [5.74, 6) is 0. The van der Waals surface area contributed by atoms with Crippen molar-refractivity contribution in [2.45, 2.75) is 13.5 Å². The lowest BCUT2D eigenvalue weighted by Crippen LogP contribution is -2.00. The van der Waals surface area contributed by atoms with E-state index < -0.39 is 0 Å². The molecule has 3 heterocycles. The molecule has 0 unspecified atom stereocenters. The van der Waals surface area contributed by atoms with Crippen molar-refractivity contribution in [1.29, 1.82) is 0 Å². The maximum atomic E-state index is 5.33. The Labute approximate surface area is 121 Å². The number of imidazole rings is 1. The Balaban J connectivity index is 2.11. The standard InChI is InChI=1S/C11H9BrN4S2/c1-6-3-13-9(18-6)5-16-10-8(15-11(16)17)2-7(12)4-14-10/h2-4H,5H2,1H3,(H,15,17). The summed E-state index contributed by atoms with van der Waals surface area (Å²) in [5.41, 5.74) is 1.79. The number of halogens is 1. The summed E-state index contributed by atoms with van der Waals surface area (Å²) in [7, 11) is 0. The highest BCUT2D eigenvalue weighted by Crippen LogP contribution is 2.19. The molecule has 92 valence electrons. The number of aromatic nitrogens is 4. The van der Waals surface area contributed by atoms with E-state index in [4.69, 9.17) is 12.2 Å². The van der Waals surface area contributed by atoms with Gasteiger partial charge in [-0.1, -0.05) is 0 Å². The third kappa shape index (κ3) is 2.13. The van der Waals surface area contributed by atoms with Gasteiger partial charge in [-0.05, 0) is 41.1 Å². The van der Waals surface area contributed by atoms with E-state index in [1.54, 1.807) is 17.5 Å². The summed E-state index contributed by atoms with van der Waals surface area (Å²) in [4.78, 5) is 13.1. The molecule has 0 aliphatic rings. The summed E-state index contributed by atoms with van der Waals surface area (Å²) < 4.78 is 3.57. The summed E-state index contributed by atoms with van der Waals surface area (Å²) in [6, 6.07) is 1.97. The van der Waals surface area contributed by atoms with Gasteiger partial charge in [-0.15, -0.1) is 11.3 Å². The van der Waals surface area contributed by atoms with Crippen LogP contribution in [0.15, 0.2) is 22.9 Å². The van der Waals surface area contributed by atoms with Gasteiger partial charge in [-0.2, -0.15) is 0 Å². The molecule has 7 heteroatoms. The number of aryl methyl sites for hydroxylation is 1. The highest BCUT2D eigenvalue weighted by atomic mass is 79.9. The van der Waals surface area contributed by atoms with Gasteiger partial charge in [0.1, 0.15) is 5.01 Å². The molecule has 0 aliphatic carbocycles. The molecule has 0 aliphatic heterocycles. The predicted molar refractivity (Wildman–Crippen MR) is 78.6 cm³/mol. The first-order valence-electron chi connectivity index (χ1n) is 5.29. The van der Waals surface area contributed by atoms with Gasteiger partial charge in [0.15, 0.2) is 10.4 Å². The topological polar surface area (TPSA) is 46.5 Å². The summed E-state index contributed by atoms with van der Waals surface area (Å²) in [6.45, 7) is 2.71. The van der Waals surface area contributed by atoms with Crippen molar-refractivity contribution in [1.82, 2.24) is 19.5 Å². The van der Waals surface area contributed by atoms with Gasteiger partial charge < -0.3 is 4.98 Å². The Kier molecular flexibility index (Phi) is 3.04. The van der Waals surface area contributed by atoms with Crippen LogP contribution in [0.1, 0.15) is 9.88 Å². The van der Waals surface area contributed by atoms with Crippen LogP contribution in [0.4, 0.5) is 0 Å². The molecule has 0 spiro atoms. The highest BCUT2D eigenvalue weighted by Gasteiger charge is 2.08. The van der Waals surface area contributed by atoms with Crippen molar-refractivity contribution in [2.75, 3.05) is 0 Å². The molecule has 0 atom stereocenters. The van der Waals surface area contributed by atoms with Gasteiger partial charge in [0.2, 0.25) is 0 Å². The first-order valence-corrected chi connectivity index (χ1v) is 7.30. The lowest BCUT2D eigenvalue weighted by molar-refractivity contribution is 0.794. The number of hydrogen-bond acceptors (Lipinski definition) is 4. The number of H-pyrrole nitrogens is 1. The van der Waals surface area contributed by atoms with Gasteiger partial charge in [-0.25, -0.2) is 9.97 Å². The van der Waals surface area contributed by atoms with Crippen LogP contribution in [0.25, 0.3) is 11.2 Å². The number of nitrogens with one attached hydrogen (secondary N) is 1. The fourth-order valence-electron chi connectivity index (χ4n) is 1.77. The molecule has 0 fully saturated rings. The molecule has 3 rings (SSSR count). The van der Waals surface area contributed by atoms with E-state index in [-0.39, 0.29) is 0 Å². The number of nitrogens with zero attached hydrogens (tertiary/aromatic N) is 3. The number of pyridine rings is 1. The van der Waals surface area contributed by atoms with Crippen LogP contribution in [-0.4, -0.2) is 19.5 Å².